The lowest BCUT2D eigenvalue weighted by Gasteiger charge is -2.12. The van der Waals surface area contributed by atoms with Crippen molar-refractivity contribution >= 4 is 51.7 Å². The summed E-state index contributed by atoms with van der Waals surface area (Å²) in [5.74, 6) is 0.378. The van der Waals surface area contributed by atoms with Gasteiger partial charge in [0, 0.05) is 17.7 Å². The second kappa shape index (κ2) is 12.3. The number of hydrogen-bond donors (Lipinski definition) is 3. The van der Waals surface area contributed by atoms with Crippen LogP contribution in [0.1, 0.15) is 27.6 Å². The SMILES string of the molecule is CCOCCOc1cccc(C(=O)NC(=S)NNC(=O)c2ccc(OC)c(I)c2)c1. The Bertz CT molecular complexity index is 910. The normalized spacial score (nSPS) is 10.1. The average molecular weight is 543 g/mol. The minimum atomic E-state index is -0.434. The fraction of sp³-hybridized carbons (Fsp3) is 0.250. The highest BCUT2D eigenvalue weighted by Gasteiger charge is 2.12. The lowest BCUT2D eigenvalue weighted by molar-refractivity contribution is 0.0934. The lowest BCUT2D eigenvalue weighted by Crippen LogP contribution is -2.48. The van der Waals surface area contributed by atoms with E-state index in [4.69, 9.17) is 26.4 Å². The molecule has 0 aliphatic carbocycles. The molecule has 2 rings (SSSR count). The van der Waals surface area contributed by atoms with E-state index in [2.05, 4.69) is 38.8 Å². The second-order valence-corrected chi connectivity index (χ2v) is 7.36. The van der Waals surface area contributed by atoms with E-state index in [0.717, 1.165) is 3.57 Å². The zero-order valence-corrected chi connectivity index (χ0v) is 19.5. The zero-order chi connectivity index (χ0) is 21.9. The number of halogens is 1. The number of carbonyl (C=O) groups excluding carboxylic acids is 2. The maximum absolute atomic E-state index is 12.4. The molecular formula is C20H22IN3O5S. The van der Waals surface area contributed by atoms with Gasteiger partial charge in [-0.15, -0.1) is 0 Å². The van der Waals surface area contributed by atoms with Crippen molar-refractivity contribution in [2.45, 2.75) is 6.92 Å². The maximum atomic E-state index is 12.4. The summed E-state index contributed by atoms with van der Waals surface area (Å²) in [4.78, 5) is 24.6. The van der Waals surface area contributed by atoms with Gasteiger partial charge in [-0.05, 0) is 78.1 Å². The third-order valence-electron chi connectivity index (χ3n) is 3.73. The van der Waals surface area contributed by atoms with E-state index in [1.807, 2.05) is 6.92 Å². The highest BCUT2D eigenvalue weighted by molar-refractivity contribution is 14.1. The molecule has 2 aromatic carbocycles. The number of rotatable bonds is 8. The summed E-state index contributed by atoms with van der Waals surface area (Å²) in [5.41, 5.74) is 5.74. The van der Waals surface area contributed by atoms with Crippen molar-refractivity contribution in [1.82, 2.24) is 16.2 Å². The number of hydrazine groups is 1. The largest absolute Gasteiger partial charge is 0.496 e. The number of thiocarbonyl (C=S) groups is 1. The van der Waals surface area contributed by atoms with E-state index in [0.29, 0.717) is 42.4 Å². The van der Waals surface area contributed by atoms with Gasteiger partial charge in [0.05, 0.1) is 17.3 Å². The van der Waals surface area contributed by atoms with Crippen LogP contribution in [0.15, 0.2) is 42.5 Å². The van der Waals surface area contributed by atoms with Crippen molar-refractivity contribution < 1.29 is 23.8 Å². The average Bonchev–Trinajstić information content (AvgIpc) is 2.75. The van der Waals surface area contributed by atoms with Gasteiger partial charge < -0.3 is 14.2 Å². The topological polar surface area (TPSA) is 97.9 Å². The van der Waals surface area contributed by atoms with Crippen LogP contribution in [-0.4, -0.2) is 43.9 Å². The molecule has 0 saturated heterocycles. The Kier molecular flexibility index (Phi) is 9.77. The first-order chi connectivity index (χ1) is 14.4. The van der Waals surface area contributed by atoms with Crippen LogP contribution in [-0.2, 0) is 4.74 Å². The van der Waals surface area contributed by atoms with Crippen LogP contribution in [0.5, 0.6) is 11.5 Å². The Morgan fingerprint density at radius 3 is 2.50 bits per heavy atom. The summed E-state index contributed by atoms with van der Waals surface area (Å²) in [6.45, 7) is 3.37. The molecule has 3 N–H and O–H groups in total. The second-order valence-electron chi connectivity index (χ2n) is 5.78. The maximum Gasteiger partial charge on any atom is 0.269 e. The van der Waals surface area contributed by atoms with Crippen LogP contribution in [0.4, 0.5) is 0 Å². The molecule has 0 atom stereocenters. The van der Waals surface area contributed by atoms with Gasteiger partial charge in [-0.1, -0.05) is 6.07 Å². The zero-order valence-electron chi connectivity index (χ0n) is 16.5. The minimum Gasteiger partial charge on any atom is -0.496 e. The summed E-state index contributed by atoms with van der Waals surface area (Å²) in [6.07, 6.45) is 0. The van der Waals surface area contributed by atoms with Crippen molar-refractivity contribution in [3.05, 3.63) is 57.2 Å². The van der Waals surface area contributed by atoms with Crippen molar-refractivity contribution in [3.8, 4) is 11.5 Å². The first-order valence-corrected chi connectivity index (χ1v) is 10.5. The summed E-state index contributed by atoms with van der Waals surface area (Å²) in [7, 11) is 1.56. The Morgan fingerprint density at radius 2 is 1.80 bits per heavy atom. The van der Waals surface area contributed by atoms with Gasteiger partial charge in [-0.2, -0.15) is 0 Å². The molecule has 30 heavy (non-hydrogen) atoms. The van der Waals surface area contributed by atoms with Crippen LogP contribution in [0.2, 0.25) is 0 Å². The number of benzene rings is 2. The fourth-order valence-electron chi connectivity index (χ4n) is 2.29. The Balaban J connectivity index is 1.85. The van der Waals surface area contributed by atoms with Crippen LogP contribution in [0, 0.1) is 3.57 Å². The smallest absolute Gasteiger partial charge is 0.269 e. The van der Waals surface area contributed by atoms with Gasteiger partial charge in [0.25, 0.3) is 11.8 Å². The highest BCUT2D eigenvalue weighted by atomic mass is 127. The molecule has 8 nitrogen and oxygen atoms in total. The van der Waals surface area contributed by atoms with Crippen molar-refractivity contribution in [1.29, 1.82) is 0 Å². The molecule has 0 spiro atoms. The van der Waals surface area contributed by atoms with E-state index < -0.39 is 11.8 Å². The molecule has 0 bridgehead atoms. The van der Waals surface area contributed by atoms with E-state index >= 15 is 0 Å². The molecular weight excluding hydrogens is 521 g/mol. The van der Waals surface area contributed by atoms with E-state index in [-0.39, 0.29) is 5.11 Å². The van der Waals surface area contributed by atoms with Crippen molar-refractivity contribution in [2.24, 2.45) is 0 Å². The third kappa shape index (κ3) is 7.43. The van der Waals surface area contributed by atoms with Crippen molar-refractivity contribution in [3.63, 3.8) is 0 Å². The van der Waals surface area contributed by atoms with Gasteiger partial charge in [0.15, 0.2) is 5.11 Å². The number of hydrogen-bond acceptors (Lipinski definition) is 6. The van der Waals surface area contributed by atoms with E-state index in [1.54, 1.807) is 49.6 Å². The number of amides is 2. The summed E-state index contributed by atoms with van der Waals surface area (Å²) in [6, 6.07) is 11.7. The number of methoxy groups -OCH3 is 1. The van der Waals surface area contributed by atoms with Crippen LogP contribution in [0.25, 0.3) is 0 Å². The minimum absolute atomic E-state index is 0.0424. The molecule has 2 amide bonds. The van der Waals surface area contributed by atoms with Crippen LogP contribution < -0.4 is 25.6 Å². The molecule has 0 aliphatic rings. The molecule has 0 radical (unpaired) electrons. The fourth-order valence-corrected chi connectivity index (χ4v) is 3.17. The number of ether oxygens (including phenoxy) is 3. The summed E-state index contributed by atoms with van der Waals surface area (Å²) >= 11 is 7.14. The number of nitrogens with one attached hydrogen (secondary N) is 3. The van der Waals surface area contributed by atoms with Gasteiger partial charge in [0.2, 0.25) is 0 Å². The molecule has 0 aliphatic heterocycles. The first-order valence-electron chi connectivity index (χ1n) is 9.00. The highest BCUT2D eigenvalue weighted by Crippen LogP contribution is 2.21. The van der Waals surface area contributed by atoms with Crippen LogP contribution in [0.3, 0.4) is 0 Å². The molecule has 0 unspecified atom stereocenters. The molecule has 0 aromatic heterocycles. The summed E-state index contributed by atoms with van der Waals surface area (Å²) in [5, 5.41) is 2.46. The Morgan fingerprint density at radius 1 is 1.03 bits per heavy atom. The molecule has 160 valence electrons. The van der Waals surface area contributed by atoms with E-state index in [1.165, 1.54) is 0 Å². The molecule has 0 saturated carbocycles. The quantitative estimate of drug-likeness (QED) is 0.204. The summed E-state index contributed by atoms with van der Waals surface area (Å²) < 4.78 is 16.7. The van der Waals surface area contributed by atoms with Gasteiger partial charge >= 0.3 is 0 Å². The molecule has 2 aromatic rings. The predicted molar refractivity (Wildman–Crippen MR) is 125 cm³/mol. The number of carbonyl (C=O) groups is 2. The molecule has 10 heteroatoms. The van der Waals surface area contributed by atoms with Crippen molar-refractivity contribution in [2.75, 3.05) is 26.9 Å². The molecule has 0 heterocycles. The van der Waals surface area contributed by atoms with Gasteiger partial charge in [-0.25, -0.2) is 0 Å². The monoisotopic (exact) mass is 543 g/mol. The molecule has 0 fully saturated rings. The standard InChI is InChI=1S/C20H22IN3O5S/c1-3-28-9-10-29-15-6-4-5-13(11-15)18(25)22-20(30)24-23-19(26)14-7-8-17(27-2)16(21)12-14/h4-8,11-12H,3,9-10H2,1-2H3,(H,23,26)(H2,22,24,25,30). The predicted octanol–water partition coefficient (Wildman–Crippen LogP) is 2.66. The van der Waals surface area contributed by atoms with E-state index in [9.17, 15) is 9.59 Å². The van der Waals surface area contributed by atoms with Crippen LogP contribution >= 0.6 is 34.8 Å². The third-order valence-corrected chi connectivity index (χ3v) is 4.77. The first kappa shape index (κ1) is 23.8. The Labute approximate surface area is 193 Å². The Hall–Kier alpha value is -2.44. The lowest BCUT2D eigenvalue weighted by atomic mass is 10.2. The van der Waals surface area contributed by atoms with Gasteiger partial charge in [0.1, 0.15) is 18.1 Å². The van der Waals surface area contributed by atoms with Gasteiger partial charge in [-0.3, -0.25) is 25.8 Å².